The Morgan fingerprint density at radius 3 is 2.80 bits per heavy atom. The topological polar surface area (TPSA) is 89.6 Å². The van der Waals surface area contributed by atoms with Crippen molar-refractivity contribution in [3.8, 4) is 5.75 Å². The zero-order chi connectivity index (χ0) is 14.7. The number of nitrogens with two attached hydrogens (primary N) is 1. The molecule has 0 saturated carbocycles. The highest BCUT2D eigenvalue weighted by molar-refractivity contribution is 5.99. The molecule has 0 spiro atoms. The molecule has 3 N–H and O–H groups in total. The Hall–Kier alpha value is -2.56. The van der Waals surface area contributed by atoms with E-state index in [0.717, 1.165) is 0 Å². The van der Waals surface area contributed by atoms with Gasteiger partial charge in [-0.25, -0.2) is 0 Å². The summed E-state index contributed by atoms with van der Waals surface area (Å²) in [5.74, 6) is -1.21. The molecule has 20 heavy (non-hydrogen) atoms. The predicted octanol–water partition coefficient (Wildman–Crippen LogP) is 1.39. The number of carbonyl (C=O) groups is 2. The molecule has 1 aliphatic carbocycles. The number of carboxylic acids is 1. The van der Waals surface area contributed by atoms with Crippen molar-refractivity contribution in [3.63, 3.8) is 0 Å². The third-order valence-corrected chi connectivity index (χ3v) is 3.17. The summed E-state index contributed by atoms with van der Waals surface area (Å²) in [5.41, 5.74) is 7.43. The molecule has 0 radical (unpaired) electrons. The van der Waals surface area contributed by atoms with E-state index < -0.39 is 11.9 Å². The second kappa shape index (κ2) is 5.61. The van der Waals surface area contributed by atoms with Crippen LogP contribution in [0.3, 0.4) is 0 Å². The van der Waals surface area contributed by atoms with Crippen LogP contribution >= 0.6 is 0 Å². The summed E-state index contributed by atoms with van der Waals surface area (Å²) in [6, 6.07) is 4.99. The monoisotopic (exact) mass is 273 g/mol. The molecule has 2 rings (SSSR count). The molecule has 0 aliphatic heterocycles. The van der Waals surface area contributed by atoms with Crippen LogP contribution < -0.4 is 10.5 Å². The maximum Gasteiger partial charge on any atom is 0.307 e. The number of aliphatic carboxylic acids is 1. The number of allylic oxidation sites excluding steroid dienone is 4. The van der Waals surface area contributed by atoms with E-state index in [4.69, 9.17) is 15.6 Å². The maximum atomic E-state index is 12.0. The Bertz CT molecular complexity index is 616. The Kier molecular flexibility index (Phi) is 3.89. The molecule has 1 aromatic carbocycles. The first-order valence-electron chi connectivity index (χ1n) is 6.09. The summed E-state index contributed by atoms with van der Waals surface area (Å²) < 4.78 is 5.14. The van der Waals surface area contributed by atoms with Crippen LogP contribution in [0.2, 0.25) is 0 Å². The van der Waals surface area contributed by atoms with Gasteiger partial charge in [-0.3, -0.25) is 9.59 Å². The molecule has 0 aromatic heterocycles. The largest absolute Gasteiger partial charge is 0.497 e. The summed E-state index contributed by atoms with van der Waals surface area (Å²) in [4.78, 5) is 23.0. The molecule has 1 aromatic rings. The highest BCUT2D eigenvalue weighted by atomic mass is 16.5. The molecule has 0 saturated heterocycles. The maximum absolute atomic E-state index is 12.0. The van der Waals surface area contributed by atoms with Crippen LogP contribution in [0.4, 0.5) is 0 Å². The Morgan fingerprint density at radius 1 is 1.45 bits per heavy atom. The van der Waals surface area contributed by atoms with Crippen LogP contribution in [0.1, 0.15) is 17.0 Å². The van der Waals surface area contributed by atoms with Crippen molar-refractivity contribution in [1.29, 1.82) is 0 Å². The van der Waals surface area contributed by atoms with Crippen molar-refractivity contribution >= 4 is 11.8 Å². The fourth-order valence-corrected chi connectivity index (χ4v) is 2.24. The van der Waals surface area contributed by atoms with Gasteiger partial charge in [-0.15, -0.1) is 0 Å². The normalized spacial score (nSPS) is 17.8. The quantitative estimate of drug-likeness (QED) is 0.865. The van der Waals surface area contributed by atoms with Crippen LogP contribution in [-0.4, -0.2) is 24.0 Å². The smallest absolute Gasteiger partial charge is 0.307 e. The Labute approximate surface area is 116 Å². The van der Waals surface area contributed by atoms with Gasteiger partial charge in [0.2, 0.25) is 0 Å². The number of methoxy groups -OCH3 is 1. The van der Waals surface area contributed by atoms with E-state index in [9.17, 15) is 9.59 Å². The molecule has 0 heterocycles. The van der Waals surface area contributed by atoms with Gasteiger partial charge in [0, 0.05) is 5.70 Å². The van der Waals surface area contributed by atoms with Crippen molar-refractivity contribution in [3.05, 3.63) is 53.3 Å². The van der Waals surface area contributed by atoms with Crippen molar-refractivity contribution in [2.45, 2.75) is 12.3 Å². The van der Waals surface area contributed by atoms with Crippen molar-refractivity contribution in [1.82, 2.24) is 0 Å². The summed E-state index contributed by atoms with van der Waals surface area (Å²) in [5, 5.41) is 8.97. The van der Waals surface area contributed by atoms with Crippen molar-refractivity contribution in [2.24, 2.45) is 5.73 Å². The lowest BCUT2D eigenvalue weighted by atomic mass is 9.85. The van der Waals surface area contributed by atoms with Crippen molar-refractivity contribution < 1.29 is 19.4 Å². The zero-order valence-electron chi connectivity index (χ0n) is 11.0. The third kappa shape index (κ3) is 2.71. The SMILES string of the molecule is COc1ccc(CC(=O)O)c(C2C(=O)C=CC=C2N)c1. The van der Waals surface area contributed by atoms with Crippen LogP contribution in [0.15, 0.2) is 42.1 Å². The van der Waals surface area contributed by atoms with Gasteiger partial charge in [-0.2, -0.15) is 0 Å². The van der Waals surface area contributed by atoms with Gasteiger partial charge in [-0.05, 0) is 35.4 Å². The molecular formula is C15H15NO4. The molecule has 104 valence electrons. The lowest BCUT2D eigenvalue weighted by Gasteiger charge is -2.21. The number of hydrogen-bond donors (Lipinski definition) is 2. The first kappa shape index (κ1) is 13.9. The van der Waals surface area contributed by atoms with Gasteiger partial charge in [0.25, 0.3) is 0 Å². The van der Waals surface area contributed by atoms with Crippen molar-refractivity contribution in [2.75, 3.05) is 7.11 Å². The lowest BCUT2D eigenvalue weighted by molar-refractivity contribution is -0.136. The first-order valence-corrected chi connectivity index (χ1v) is 6.09. The number of benzene rings is 1. The Balaban J connectivity index is 2.52. The van der Waals surface area contributed by atoms with Crippen LogP contribution in [-0.2, 0) is 16.0 Å². The zero-order valence-corrected chi connectivity index (χ0v) is 11.0. The van der Waals surface area contributed by atoms with E-state index in [0.29, 0.717) is 22.6 Å². The minimum absolute atomic E-state index is 0.162. The molecular weight excluding hydrogens is 258 g/mol. The minimum Gasteiger partial charge on any atom is -0.497 e. The molecule has 1 atom stereocenters. The van der Waals surface area contributed by atoms with Gasteiger partial charge < -0.3 is 15.6 Å². The molecule has 1 aliphatic rings. The van der Waals surface area contributed by atoms with Gasteiger partial charge in [0.05, 0.1) is 19.4 Å². The van der Waals surface area contributed by atoms with E-state index in [1.807, 2.05) is 0 Å². The van der Waals surface area contributed by atoms with Gasteiger partial charge in [0.15, 0.2) is 5.78 Å². The molecule has 1 unspecified atom stereocenters. The van der Waals surface area contributed by atoms with E-state index >= 15 is 0 Å². The fourth-order valence-electron chi connectivity index (χ4n) is 2.24. The second-order valence-electron chi connectivity index (χ2n) is 4.50. The second-order valence-corrected chi connectivity index (χ2v) is 4.50. The van der Waals surface area contributed by atoms with Gasteiger partial charge >= 0.3 is 5.97 Å². The van der Waals surface area contributed by atoms with Gasteiger partial charge in [-0.1, -0.05) is 12.1 Å². The summed E-state index contributed by atoms with van der Waals surface area (Å²) in [6.07, 6.45) is 4.51. The predicted molar refractivity (Wildman–Crippen MR) is 73.5 cm³/mol. The average Bonchev–Trinajstić information content (AvgIpc) is 2.39. The molecule has 0 amide bonds. The summed E-state index contributed by atoms with van der Waals surface area (Å²) >= 11 is 0. The number of carbonyl (C=O) groups excluding carboxylic acids is 1. The van der Waals surface area contributed by atoms with Crippen LogP contribution in [0.25, 0.3) is 0 Å². The number of rotatable bonds is 4. The summed E-state index contributed by atoms with van der Waals surface area (Å²) in [7, 11) is 1.51. The van der Waals surface area contributed by atoms with E-state index in [2.05, 4.69) is 0 Å². The number of hydrogen-bond acceptors (Lipinski definition) is 4. The Morgan fingerprint density at radius 2 is 2.20 bits per heavy atom. The van der Waals surface area contributed by atoms with Crippen LogP contribution in [0, 0.1) is 0 Å². The number of ketones is 1. The van der Waals surface area contributed by atoms with Crippen LogP contribution in [0.5, 0.6) is 5.75 Å². The first-order chi connectivity index (χ1) is 9.52. The number of carboxylic acid groups (broad SMARTS) is 1. The fraction of sp³-hybridized carbons (Fsp3) is 0.200. The molecule has 0 fully saturated rings. The number of ether oxygens (including phenoxy) is 1. The van der Waals surface area contributed by atoms with E-state index in [1.54, 1.807) is 30.4 Å². The molecule has 5 heteroatoms. The minimum atomic E-state index is -0.960. The van der Waals surface area contributed by atoms with Gasteiger partial charge in [0.1, 0.15) is 5.75 Å². The molecule has 5 nitrogen and oxygen atoms in total. The third-order valence-electron chi connectivity index (χ3n) is 3.17. The lowest BCUT2D eigenvalue weighted by Crippen LogP contribution is -2.22. The standard InChI is InChI=1S/C15H15NO4/c1-20-10-6-5-9(7-14(18)19)11(8-10)15-12(16)3-2-4-13(15)17/h2-6,8,15H,7,16H2,1H3,(H,18,19). The molecule has 0 bridgehead atoms. The summed E-state index contributed by atoms with van der Waals surface area (Å²) in [6.45, 7) is 0. The van der Waals surface area contributed by atoms with E-state index in [1.165, 1.54) is 13.2 Å². The van der Waals surface area contributed by atoms with E-state index in [-0.39, 0.29) is 12.2 Å². The average molecular weight is 273 g/mol. The highest BCUT2D eigenvalue weighted by Crippen LogP contribution is 2.31. The highest BCUT2D eigenvalue weighted by Gasteiger charge is 2.26.